The number of nitrogens with zero attached hydrogens (tertiary/aromatic N) is 1. The maximum atomic E-state index is 5.41. The highest BCUT2D eigenvalue weighted by Gasteiger charge is 2.32. The van der Waals surface area contributed by atoms with Crippen molar-refractivity contribution in [2.45, 2.75) is 6.42 Å². The van der Waals surface area contributed by atoms with Crippen molar-refractivity contribution in [2.24, 2.45) is 11.8 Å². The largest absolute Gasteiger partial charge is 0.381 e. The Bertz CT molecular complexity index is 131. The van der Waals surface area contributed by atoms with Crippen LogP contribution in [0.15, 0.2) is 0 Å². The summed E-state index contributed by atoms with van der Waals surface area (Å²) >= 11 is 2.41. The molecular weight excluding hydrogens is 241 g/mol. The number of halogens is 1. The van der Waals surface area contributed by atoms with Crippen LogP contribution in [0.1, 0.15) is 6.42 Å². The van der Waals surface area contributed by atoms with E-state index in [9.17, 15) is 0 Å². The highest BCUT2D eigenvalue weighted by molar-refractivity contribution is 14.1. The number of ether oxygens (including phenoxy) is 1. The van der Waals surface area contributed by atoms with E-state index in [1.54, 1.807) is 0 Å². The molecule has 2 rings (SSSR count). The fourth-order valence-electron chi connectivity index (χ4n) is 1.82. The number of rotatable bonds is 0. The smallest absolute Gasteiger partial charge is 0.0510 e. The van der Waals surface area contributed by atoms with Crippen LogP contribution in [0.2, 0.25) is 0 Å². The van der Waals surface area contributed by atoms with Crippen molar-refractivity contribution < 1.29 is 4.74 Å². The third kappa shape index (κ3) is 1.31. The summed E-state index contributed by atoms with van der Waals surface area (Å²) in [4.78, 5) is 0. The Hall–Kier alpha value is 0.650. The van der Waals surface area contributed by atoms with E-state index in [-0.39, 0.29) is 0 Å². The summed E-state index contributed by atoms with van der Waals surface area (Å²) in [6.07, 6.45) is 1.34. The zero-order chi connectivity index (χ0) is 6.97. The molecule has 2 saturated heterocycles. The highest BCUT2D eigenvalue weighted by atomic mass is 127. The Morgan fingerprint density at radius 2 is 2.10 bits per heavy atom. The Labute approximate surface area is 75.4 Å². The molecule has 0 aromatic carbocycles. The number of fused-ring (bicyclic) bond motifs is 1. The van der Waals surface area contributed by atoms with Crippen molar-refractivity contribution in [1.82, 2.24) is 3.11 Å². The van der Waals surface area contributed by atoms with Crippen molar-refractivity contribution in [3.63, 3.8) is 0 Å². The van der Waals surface area contributed by atoms with Crippen LogP contribution in [-0.2, 0) is 4.74 Å². The van der Waals surface area contributed by atoms with Crippen molar-refractivity contribution in [2.75, 3.05) is 26.3 Å². The molecule has 0 radical (unpaired) electrons. The Balaban J connectivity index is 1.96. The van der Waals surface area contributed by atoms with Gasteiger partial charge >= 0.3 is 0 Å². The van der Waals surface area contributed by atoms with Gasteiger partial charge in [0.15, 0.2) is 0 Å². The molecule has 0 aliphatic carbocycles. The predicted octanol–water partition coefficient (Wildman–Crippen LogP) is 1.30. The van der Waals surface area contributed by atoms with Gasteiger partial charge in [0.25, 0.3) is 0 Å². The van der Waals surface area contributed by atoms with Gasteiger partial charge in [-0.25, -0.2) is 3.11 Å². The summed E-state index contributed by atoms with van der Waals surface area (Å²) in [7, 11) is 0. The highest BCUT2D eigenvalue weighted by Crippen LogP contribution is 2.30. The van der Waals surface area contributed by atoms with E-state index in [4.69, 9.17) is 4.74 Å². The van der Waals surface area contributed by atoms with Crippen LogP contribution >= 0.6 is 22.9 Å². The minimum absolute atomic E-state index is 0.839. The predicted molar refractivity (Wildman–Crippen MR) is 48.0 cm³/mol. The summed E-state index contributed by atoms with van der Waals surface area (Å²) in [6, 6.07) is 0. The molecule has 0 amide bonds. The second-order valence-electron chi connectivity index (χ2n) is 3.22. The lowest BCUT2D eigenvalue weighted by atomic mass is 9.90. The van der Waals surface area contributed by atoms with E-state index in [1.807, 2.05) is 0 Å². The fraction of sp³-hybridized carbons (Fsp3) is 1.00. The van der Waals surface area contributed by atoms with Gasteiger partial charge in [0.05, 0.1) is 6.61 Å². The Kier molecular flexibility index (Phi) is 2.15. The molecule has 2 heterocycles. The fourth-order valence-corrected chi connectivity index (χ4v) is 2.60. The quantitative estimate of drug-likeness (QED) is 0.476. The van der Waals surface area contributed by atoms with Gasteiger partial charge < -0.3 is 4.74 Å². The molecule has 2 aliphatic heterocycles. The molecule has 58 valence electrons. The maximum Gasteiger partial charge on any atom is 0.0510 e. The van der Waals surface area contributed by atoms with Crippen LogP contribution in [0.3, 0.4) is 0 Å². The molecule has 2 atom stereocenters. The van der Waals surface area contributed by atoms with Crippen LogP contribution in [0, 0.1) is 11.8 Å². The maximum absolute atomic E-state index is 5.41. The van der Waals surface area contributed by atoms with Crippen LogP contribution in [0.4, 0.5) is 0 Å². The summed E-state index contributed by atoms with van der Waals surface area (Å²) < 4.78 is 7.79. The van der Waals surface area contributed by atoms with Crippen molar-refractivity contribution in [3.8, 4) is 0 Å². The summed E-state index contributed by atoms with van der Waals surface area (Å²) in [5.41, 5.74) is 0. The molecule has 2 fully saturated rings. The lowest BCUT2D eigenvalue weighted by Crippen LogP contribution is -2.33. The average molecular weight is 253 g/mol. The summed E-state index contributed by atoms with van der Waals surface area (Å²) in [5.74, 6) is 1.72. The first-order chi connectivity index (χ1) is 4.86. The molecule has 0 saturated carbocycles. The monoisotopic (exact) mass is 253 g/mol. The molecular formula is C7H12INO. The van der Waals surface area contributed by atoms with Gasteiger partial charge in [-0.15, -0.1) is 0 Å². The Morgan fingerprint density at radius 1 is 1.30 bits per heavy atom. The van der Waals surface area contributed by atoms with Gasteiger partial charge in [0, 0.05) is 48.5 Å². The van der Waals surface area contributed by atoms with Gasteiger partial charge in [-0.3, -0.25) is 0 Å². The van der Waals surface area contributed by atoms with Gasteiger partial charge in [-0.05, 0) is 12.3 Å². The molecule has 3 heteroatoms. The van der Waals surface area contributed by atoms with Crippen molar-refractivity contribution >= 4 is 22.9 Å². The molecule has 0 aromatic rings. The van der Waals surface area contributed by atoms with Gasteiger partial charge in [0.2, 0.25) is 0 Å². The van der Waals surface area contributed by atoms with E-state index in [0.29, 0.717) is 0 Å². The lowest BCUT2D eigenvalue weighted by Gasteiger charge is -2.29. The average Bonchev–Trinajstić information content (AvgIpc) is 2.33. The van der Waals surface area contributed by atoms with Crippen LogP contribution in [0.5, 0.6) is 0 Å². The SMILES string of the molecule is IN1CCC2COCC2C1. The van der Waals surface area contributed by atoms with Crippen molar-refractivity contribution in [3.05, 3.63) is 0 Å². The molecule has 10 heavy (non-hydrogen) atoms. The second-order valence-corrected chi connectivity index (χ2v) is 4.58. The molecule has 0 aromatic heterocycles. The van der Waals surface area contributed by atoms with E-state index in [0.717, 1.165) is 25.0 Å². The van der Waals surface area contributed by atoms with E-state index in [2.05, 4.69) is 26.0 Å². The first-order valence-electron chi connectivity index (χ1n) is 3.85. The molecule has 2 aliphatic rings. The first kappa shape index (κ1) is 7.31. The topological polar surface area (TPSA) is 12.5 Å². The standard InChI is InChI=1S/C7H12INO/c8-9-2-1-6-4-10-5-7(6)3-9/h6-7H,1-5H2. The van der Waals surface area contributed by atoms with Gasteiger partial charge in [0.1, 0.15) is 0 Å². The summed E-state index contributed by atoms with van der Waals surface area (Å²) in [6.45, 7) is 4.52. The molecule has 0 bridgehead atoms. The third-order valence-corrected chi connectivity index (χ3v) is 3.38. The lowest BCUT2D eigenvalue weighted by molar-refractivity contribution is 0.181. The van der Waals surface area contributed by atoms with Crippen LogP contribution in [0.25, 0.3) is 0 Å². The normalized spacial score (nSPS) is 41.7. The number of hydrogen-bond acceptors (Lipinski definition) is 2. The minimum Gasteiger partial charge on any atom is -0.381 e. The summed E-state index contributed by atoms with van der Waals surface area (Å²) in [5, 5.41) is 0. The number of hydrogen-bond donors (Lipinski definition) is 0. The van der Waals surface area contributed by atoms with Gasteiger partial charge in [-0.2, -0.15) is 0 Å². The zero-order valence-electron chi connectivity index (χ0n) is 5.92. The first-order valence-corrected chi connectivity index (χ1v) is 4.81. The van der Waals surface area contributed by atoms with E-state index in [1.165, 1.54) is 19.5 Å². The molecule has 0 N–H and O–H groups in total. The minimum atomic E-state index is 0.839. The van der Waals surface area contributed by atoms with Crippen LogP contribution in [-0.4, -0.2) is 29.4 Å². The van der Waals surface area contributed by atoms with E-state index >= 15 is 0 Å². The number of piperidine rings is 1. The molecule has 2 unspecified atom stereocenters. The molecule has 2 nitrogen and oxygen atoms in total. The zero-order valence-corrected chi connectivity index (χ0v) is 8.08. The van der Waals surface area contributed by atoms with Crippen molar-refractivity contribution in [1.29, 1.82) is 0 Å². The van der Waals surface area contributed by atoms with E-state index < -0.39 is 0 Å². The Morgan fingerprint density at radius 3 is 3.00 bits per heavy atom. The molecule has 0 spiro atoms. The third-order valence-electron chi connectivity index (χ3n) is 2.51. The second kappa shape index (κ2) is 2.95. The van der Waals surface area contributed by atoms with Crippen LogP contribution < -0.4 is 0 Å². The van der Waals surface area contributed by atoms with Gasteiger partial charge in [-0.1, -0.05) is 0 Å².